The first-order valence-corrected chi connectivity index (χ1v) is 11.2. The summed E-state index contributed by atoms with van der Waals surface area (Å²) < 4.78 is 5.17. The molecule has 1 heterocycles. The zero-order valence-corrected chi connectivity index (χ0v) is 18.6. The number of carbonyl (C=O) groups excluding carboxylic acids is 1. The minimum atomic E-state index is -1.03. The van der Waals surface area contributed by atoms with Crippen LogP contribution in [0.3, 0.4) is 0 Å². The molecule has 1 amide bonds. The molecule has 0 saturated carbocycles. The maximum Gasteiger partial charge on any atom is 0.341 e. The van der Waals surface area contributed by atoms with Gasteiger partial charge in [0.05, 0.1) is 18.0 Å². The number of carbonyl (C=O) groups is 2. The Hall–Kier alpha value is -3.84. The van der Waals surface area contributed by atoms with Gasteiger partial charge in [-0.15, -0.1) is 0 Å². The number of aliphatic imine (C=N–C) groups is 1. The van der Waals surface area contributed by atoms with Crippen molar-refractivity contribution in [2.75, 3.05) is 6.61 Å². The van der Waals surface area contributed by atoms with E-state index in [-0.39, 0.29) is 5.91 Å². The number of hydrogen-bond acceptors (Lipinski definition) is 5. The number of carboxylic acid groups (broad SMARTS) is 1. The molecule has 7 heteroatoms. The zero-order valence-electron chi connectivity index (χ0n) is 17.8. The highest BCUT2D eigenvalue weighted by atomic mass is 32.2. The van der Waals surface area contributed by atoms with E-state index in [1.165, 1.54) is 11.8 Å². The fraction of sp³-hybridized carbons (Fsp3) is 0.115. The maximum absolute atomic E-state index is 13.2. The first-order chi connectivity index (χ1) is 16.1. The number of amidine groups is 1. The van der Waals surface area contributed by atoms with Crippen molar-refractivity contribution in [3.05, 3.63) is 107 Å². The summed E-state index contributed by atoms with van der Waals surface area (Å²) in [7, 11) is 0. The molecule has 6 nitrogen and oxygen atoms in total. The molecule has 33 heavy (non-hydrogen) atoms. The third kappa shape index (κ3) is 6.11. The second kappa shape index (κ2) is 10.7. The number of thioether (sulfide) groups is 1. The fourth-order valence-corrected chi connectivity index (χ4v) is 4.21. The molecule has 4 rings (SSSR count). The van der Waals surface area contributed by atoms with Crippen LogP contribution in [-0.2, 0) is 22.7 Å². The number of carboxylic acids is 1. The van der Waals surface area contributed by atoms with E-state index in [0.29, 0.717) is 28.9 Å². The third-order valence-corrected chi connectivity index (χ3v) is 5.90. The summed E-state index contributed by atoms with van der Waals surface area (Å²) in [5.41, 5.74) is 2.92. The second-order valence-electron chi connectivity index (χ2n) is 7.32. The Balaban J connectivity index is 1.56. The van der Waals surface area contributed by atoms with Gasteiger partial charge in [-0.3, -0.25) is 14.7 Å². The van der Waals surface area contributed by atoms with Gasteiger partial charge in [0.25, 0.3) is 5.91 Å². The van der Waals surface area contributed by atoms with Crippen molar-refractivity contribution in [2.24, 2.45) is 4.99 Å². The summed E-state index contributed by atoms with van der Waals surface area (Å²) in [6.45, 7) is 0.536. The van der Waals surface area contributed by atoms with Gasteiger partial charge in [0, 0.05) is 0 Å². The molecule has 1 N–H and O–H groups in total. The van der Waals surface area contributed by atoms with Crippen molar-refractivity contribution in [2.45, 2.75) is 13.1 Å². The van der Waals surface area contributed by atoms with Crippen molar-refractivity contribution in [1.29, 1.82) is 0 Å². The van der Waals surface area contributed by atoms with E-state index < -0.39 is 12.6 Å². The first-order valence-electron chi connectivity index (χ1n) is 10.4. The van der Waals surface area contributed by atoms with Gasteiger partial charge in [-0.25, -0.2) is 4.79 Å². The summed E-state index contributed by atoms with van der Waals surface area (Å²) >= 11 is 1.36. The third-order valence-electron chi connectivity index (χ3n) is 4.85. The van der Waals surface area contributed by atoms with E-state index in [1.54, 1.807) is 29.2 Å². The smallest absolute Gasteiger partial charge is 0.341 e. The molecular formula is C26H22N2O4S. The van der Waals surface area contributed by atoms with Crippen LogP contribution in [0.5, 0.6) is 5.75 Å². The molecule has 1 fully saturated rings. The Morgan fingerprint density at radius 3 is 2.21 bits per heavy atom. The maximum atomic E-state index is 13.2. The Morgan fingerprint density at radius 1 is 0.939 bits per heavy atom. The van der Waals surface area contributed by atoms with Crippen LogP contribution in [-0.4, -0.2) is 33.7 Å². The largest absolute Gasteiger partial charge is 0.482 e. The SMILES string of the molecule is O=C(O)COc1ccc(C=C2SC(=NCc3ccccc3)N(Cc3ccccc3)C2=O)cc1. The predicted molar refractivity (Wildman–Crippen MR) is 130 cm³/mol. The Bertz CT molecular complexity index is 1180. The average Bonchev–Trinajstić information content (AvgIpc) is 3.12. The molecule has 1 saturated heterocycles. The lowest BCUT2D eigenvalue weighted by molar-refractivity contribution is -0.139. The molecule has 3 aromatic carbocycles. The van der Waals surface area contributed by atoms with Gasteiger partial charge in [-0.05, 0) is 46.7 Å². The normalized spacial score (nSPS) is 15.9. The van der Waals surface area contributed by atoms with Crippen molar-refractivity contribution >= 4 is 34.9 Å². The van der Waals surface area contributed by atoms with E-state index in [0.717, 1.165) is 16.7 Å². The topological polar surface area (TPSA) is 79.2 Å². The molecule has 1 aliphatic rings. The lowest BCUT2D eigenvalue weighted by atomic mass is 10.2. The molecular weight excluding hydrogens is 436 g/mol. The van der Waals surface area contributed by atoms with Crippen LogP contribution in [0.4, 0.5) is 0 Å². The van der Waals surface area contributed by atoms with Crippen LogP contribution in [0, 0.1) is 0 Å². The Labute approximate surface area is 196 Å². The molecule has 0 bridgehead atoms. The lowest BCUT2D eigenvalue weighted by Gasteiger charge is -2.15. The number of ether oxygens (including phenoxy) is 1. The predicted octanol–water partition coefficient (Wildman–Crippen LogP) is 4.82. The van der Waals surface area contributed by atoms with Crippen LogP contribution < -0.4 is 4.74 Å². The molecule has 1 aliphatic heterocycles. The number of aliphatic carboxylic acids is 1. The molecule has 0 aliphatic carbocycles. The van der Waals surface area contributed by atoms with Gasteiger partial charge < -0.3 is 9.84 Å². The van der Waals surface area contributed by atoms with Crippen LogP contribution in [0.2, 0.25) is 0 Å². The van der Waals surface area contributed by atoms with Crippen molar-refractivity contribution in [3.63, 3.8) is 0 Å². The minimum absolute atomic E-state index is 0.0955. The highest BCUT2D eigenvalue weighted by Crippen LogP contribution is 2.34. The van der Waals surface area contributed by atoms with Gasteiger partial charge in [0.1, 0.15) is 5.75 Å². The summed E-state index contributed by atoms with van der Waals surface area (Å²) in [4.78, 5) is 30.9. The number of benzene rings is 3. The lowest BCUT2D eigenvalue weighted by Crippen LogP contribution is -2.28. The van der Waals surface area contributed by atoms with Crippen LogP contribution >= 0.6 is 11.8 Å². The summed E-state index contributed by atoms with van der Waals surface area (Å²) in [5.74, 6) is -0.669. The fourth-order valence-electron chi connectivity index (χ4n) is 3.23. The summed E-state index contributed by atoms with van der Waals surface area (Å²) in [6, 6.07) is 26.7. The monoisotopic (exact) mass is 458 g/mol. The zero-order chi connectivity index (χ0) is 23.0. The van der Waals surface area contributed by atoms with Crippen LogP contribution in [0.15, 0.2) is 94.8 Å². The van der Waals surface area contributed by atoms with Gasteiger partial charge in [-0.1, -0.05) is 72.8 Å². The van der Waals surface area contributed by atoms with Crippen molar-refractivity contribution < 1.29 is 19.4 Å². The molecule has 0 aromatic heterocycles. The summed E-state index contributed by atoms with van der Waals surface area (Å²) in [6.07, 6.45) is 1.82. The molecule has 3 aromatic rings. The highest BCUT2D eigenvalue weighted by Gasteiger charge is 2.33. The minimum Gasteiger partial charge on any atom is -0.482 e. The Morgan fingerprint density at radius 2 is 1.58 bits per heavy atom. The standard InChI is InChI=1S/C26H22N2O4S/c29-24(30)18-32-22-13-11-19(12-14-22)15-23-25(31)28(17-21-9-5-2-6-10-21)26(33-23)27-16-20-7-3-1-4-8-20/h1-15H,16-18H2,(H,29,30). The molecule has 0 atom stereocenters. The molecule has 0 spiro atoms. The number of nitrogens with zero attached hydrogens (tertiary/aromatic N) is 2. The number of rotatable bonds is 8. The first kappa shape index (κ1) is 22.4. The van der Waals surface area contributed by atoms with Crippen LogP contribution in [0.1, 0.15) is 16.7 Å². The van der Waals surface area contributed by atoms with E-state index in [1.807, 2.05) is 66.7 Å². The Kier molecular flexibility index (Phi) is 7.22. The average molecular weight is 459 g/mol. The quantitative estimate of drug-likeness (QED) is 0.490. The second-order valence-corrected chi connectivity index (χ2v) is 8.33. The van der Waals surface area contributed by atoms with E-state index in [9.17, 15) is 9.59 Å². The highest BCUT2D eigenvalue weighted by molar-refractivity contribution is 8.18. The summed E-state index contributed by atoms with van der Waals surface area (Å²) in [5, 5.41) is 9.40. The van der Waals surface area contributed by atoms with Gasteiger partial charge in [0.2, 0.25) is 0 Å². The van der Waals surface area contributed by atoms with Crippen molar-refractivity contribution in [1.82, 2.24) is 4.90 Å². The molecule has 0 unspecified atom stereocenters. The van der Waals surface area contributed by atoms with E-state index in [4.69, 9.17) is 14.8 Å². The van der Waals surface area contributed by atoms with Crippen molar-refractivity contribution in [3.8, 4) is 5.75 Å². The van der Waals surface area contributed by atoms with Gasteiger partial charge in [0.15, 0.2) is 11.8 Å². The van der Waals surface area contributed by atoms with E-state index >= 15 is 0 Å². The van der Waals surface area contributed by atoms with Crippen LogP contribution in [0.25, 0.3) is 6.08 Å². The molecule has 166 valence electrons. The number of hydrogen-bond donors (Lipinski definition) is 1. The molecule has 0 radical (unpaired) electrons. The van der Waals surface area contributed by atoms with Gasteiger partial charge >= 0.3 is 5.97 Å². The van der Waals surface area contributed by atoms with E-state index in [2.05, 4.69) is 0 Å². The van der Waals surface area contributed by atoms with Gasteiger partial charge in [-0.2, -0.15) is 0 Å². The number of amides is 1.